The van der Waals surface area contributed by atoms with E-state index in [0.29, 0.717) is 12.4 Å². The number of amides is 1. The molecule has 20 heavy (non-hydrogen) atoms. The van der Waals surface area contributed by atoms with Gasteiger partial charge in [-0.2, -0.15) is 0 Å². The van der Waals surface area contributed by atoms with E-state index in [1.807, 2.05) is 18.7 Å². The third-order valence-electron chi connectivity index (χ3n) is 3.80. The Morgan fingerprint density at radius 2 is 2.10 bits per heavy atom. The first-order chi connectivity index (χ1) is 9.70. The van der Waals surface area contributed by atoms with Crippen molar-refractivity contribution in [2.45, 2.75) is 58.5 Å². The van der Waals surface area contributed by atoms with E-state index in [9.17, 15) is 4.79 Å². The van der Waals surface area contributed by atoms with Gasteiger partial charge in [0.25, 0.3) is 0 Å². The maximum Gasteiger partial charge on any atom is 0.239 e. The lowest BCUT2D eigenvalue weighted by Crippen LogP contribution is -2.45. The van der Waals surface area contributed by atoms with Crippen LogP contribution in [-0.2, 0) is 17.8 Å². The molecule has 5 nitrogen and oxygen atoms in total. The summed E-state index contributed by atoms with van der Waals surface area (Å²) in [5.74, 6) is 1.72. The summed E-state index contributed by atoms with van der Waals surface area (Å²) in [6, 6.07) is -0.190. The molecule has 1 amide bonds. The van der Waals surface area contributed by atoms with E-state index in [-0.39, 0.29) is 11.9 Å². The molecule has 112 valence electrons. The van der Waals surface area contributed by atoms with Crippen LogP contribution < -0.4 is 5.32 Å². The second-order valence-electron chi connectivity index (χ2n) is 5.42. The van der Waals surface area contributed by atoms with E-state index < -0.39 is 0 Å². The fourth-order valence-corrected chi connectivity index (χ4v) is 2.49. The molecule has 0 bridgehead atoms. The number of likely N-dealkylation sites (tertiary alicyclic amines) is 1. The zero-order valence-electron chi connectivity index (χ0n) is 12.5. The molecule has 0 radical (unpaired) electrons. The van der Waals surface area contributed by atoms with Crippen LogP contribution in [0.1, 0.15) is 51.2 Å². The number of hydrogen-bond acceptors (Lipinski definition) is 4. The Bertz CT molecular complexity index is 423. The second kappa shape index (κ2) is 7.43. The minimum absolute atomic E-state index is 0.189. The molecule has 2 rings (SSSR count). The highest BCUT2D eigenvalue weighted by Gasteiger charge is 2.21. The van der Waals surface area contributed by atoms with E-state index >= 15 is 0 Å². The van der Waals surface area contributed by atoms with Crippen LogP contribution in [0.5, 0.6) is 0 Å². The van der Waals surface area contributed by atoms with Gasteiger partial charge in [-0.25, -0.2) is 4.98 Å². The molecule has 5 heteroatoms. The number of nitrogens with one attached hydrogen (secondary N) is 1. The fourth-order valence-electron chi connectivity index (χ4n) is 2.49. The van der Waals surface area contributed by atoms with Crippen LogP contribution in [0.15, 0.2) is 10.6 Å². The first-order valence-electron chi connectivity index (χ1n) is 7.66. The van der Waals surface area contributed by atoms with Gasteiger partial charge in [0.2, 0.25) is 11.8 Å². The van der Waals surface area contributed by atoms with Crippen LogP contribution >= 0.6 is 0 Å². The van der Waals surface area contributed by atoms with E-state index in [1.165, 1.54) is 12.8 Å². The van der Waals surface area contributed by atoms with Gasteiger partial charge in [0.1, 0.15) is 5.76 Å². The van der Waals surface area contributed by atoms with Crippen molar-refractivity contribution in [3.63, 3.8) is 0 Å². The summed E-state index contributed by atoms with van der Waals surface area (Å²) in [4.78, 5) is 18.5. The molecule has 1 aromatic heterocycles. The molecule has 0 aromatic carbocycles. The third kappa shape index (κ3) is 4.07. The smallest absolute Gasteiger partial charge is 0.239 e. The molecule has 1 fully saturated rings. The Labute approximate surface area is 120 Å². The van der Waals surface area contributed by atoms with Crippen LogP contribution in [0.25, 0.3) is 0 Å². The Kier molecular flexibility index (Phi) is 5.59. The topological polar surface area (TPSA) is 58.4 Å². The fraction of sp³-hybridized carbons (Fsp3) is 0.733. The molecule has 0 saturated carbocycles. The lowest BCUT2D eigenvalue weighted by atomic mass is 10.2. The molecule has 1 saturated heterocycles. The molecule has 1 aliphatic heterocycles. The molecule has 1 N–H and O–H groups in total. The molecule has 2 heterocycles. The Balaban J connectivity index is 1.80. The molecular formula is C15H25N3O2. The highest BCUT2D eigenvalue weighted by atomic mass is 16.4. The van der Waals surface area contributed by atoms with Gasteiger partial charge in [-0.15, -0.1) is 0 Å². The second-order valence-corrected chi connectivity index (χ2v) is 5.42. The molecular weight excluding hydrogens is 254 g/mol. The van der Waals surface area contributed by atoms with Crippen molar-refractivity contribution in [2.24, 2.45) is 0 Å². The van der Waals surface area contributed by atoms with Crippen molar-refractivity contribution >= 4 is 5.91 Å². The minimum atomic E-state index is -0.190. The van der Waals surface area contributed by atoms with E-state index in [4.69, 9.17) is 4.42 Å². The summed E-state index contributed by atoms with van der Waals surface area (Å²) in [6.07, 6.45) is 7.31. The number of oxazole rings is 1. The van der Waals surface area contributed by atoms with Crippen molar-refractivity contribution in [2.75, 3.05) is 13.1 Å². The highest BCUT2D eigenvalue weighted by molar-refractivity contribution is 5.81. The standard InChI is InChI=1S/C15H25N3O2/c1-3-13-10-17-14(20-13)11-16-12(2)15(19)18-8-6-4-5-7-9-18/h10,12,16H,3-9,11H2,1-2H3. The van der Waals surface area contributed by atoms with Crippen molar-refractivity contribution in [3.05, 3.63) is 17.8 Å². The van der Waals surface area contributed by atoms with Crippen molar-refractivity contribution < 1.29 is 9.21 Å². The van der Waals surface area contributed by atoms with Crippen LogP contribution in [0.4, 0.5) is 0 Å². The first-order valence-corrected chi connectivity index (χ1v) is 7.66. The van der Waals surface area contributed by atoms with Crippen LogP contribution in [-0.4, -0.2) is 34.9 Å². The van der Waals surface area contributed by atoms with Gasteiger partial charge in [0.05, 0.1) is 18.8 Å². The average molecular weight is 279 g/mol. The predicted molar refractivity (Wildman–Crippen MR) is 77.2 cm³/mol. The van der Waals surface area contributed by atoms with Crippen molar-refractivity contribution in [1.82, 2.24) is 15.2 Å². The van der Waals surface area contributed by atoms with Crippen LogP contribution in [0.3, 0.4) is 0 Å². The molecule has 1 aromatic rings. The van der Waals surface area contributed by atoms with Crippen LogP contribution in [0, 0.1) is 0 Å². The third-order valence-corrected chi connectivity index (χ3v) is 3.80. The van der Waals surface area contributed by atoms with Gasteiger partial charge in [0, 0.05) is 19.5 Å². The zero-order valence-corrected chi connectivity index (χ0v) is 12.5. The largest absolute Gasteiger partial charge is 0.444 e. The summed E-state index contributed by atoms with van der Waals surface area (Å²) >= 11 is 0. The Hall–Kier alpha value is -1.36. The zero-order chi connectivity index (χ0) is 14.4. The quantitative estimate of drug-likeness (QED) is 0.897. The number of carbonyl (C=O) groups is 1. The van der Waals surface area contributed by atoms with Gasteiger partial charge in [0.15, 0.2) is 0 Å². The van der Waals surface area contributed by atoms with Crippen LogP contribution in [0.2, 0.25) is 0 Å². The summed E-state index contributed by atoms with van der Waals surface area (Å²) in [7, 11) is 0. The maximum absolute atomic E-state index is 12.3. The highest BCUT2D eigenvalue weighted by Crippen LogP contribution is 2.11. The first kappa shape index (κ1) is 15.0. The Morgan fingerprint density at radius 3 is 2.70 bits per heavy atom. The van der Waals surface area contributed by atoms with Crippen molar-refractivity contribution in [1.29, 1.82) is 0 Å². The molecule has 1 unspecified atom stereocenters. The van der Waals surface area contributed by atoms with Gasteiger partial charge < -0.3 is 9.32 Å². The van der Waals surface area contributed by atoms with E-state index in [0.717, 1.165) is 38.1 Å². The number of rotatable bonds is 5. The molecule has 0 aliphatic carbocycles. The lowest BCUT2D eigenvalue weighted by Gasteiger charge is -2.24. The summed E-state index contributed by atoms with van der Waals surface area (Å²) in [5, 5.41) is 3.21. The van der Waals surface area contributed by atoms with Gasteiger partial charge >= 0.3 is 0 Å². The summed E-state index contributed by atoms with van der Waals surface area (Å²) in [5.41, 5.74) is 0. The number of aromatic nitrogens is 1. The van der Waals surface area contributed by atoms with E-state index in [2.05, 4.69) is 10.3 Å². The monoisotopic (exact) mass is 279 g/mol. The molecule has 1 atom stereocenters. The normalized spacial score (nSPS) is 17.8. The maximum atomic E-state index is 12.3. The number of carbonyl (C=O) groups excluding carboxylic acids is 1. The lowest BCUT2D eigenvalue weighted by molar-refractivity contribution is -0.133. The number of aryl methyl sites for hydroxylation is 1. The summed E-state index contributed by atoms with van der Waals surface area (Å²) in [6.45, 7) is 6.23. The van der Waals surface area contributed by atoms with Gasteiger partial charge in [-0.1, -0.05) is 19.8 Å². The Morgan fingerprint density at radius 1 is 1.40 bits per heavy atom. The van der Waals surface area contributed by atoms with Gasteiger partial charge in [-0.3, -0.25) is 10.1 Å². The minimum Gasteiger partial charge on any atom is -0.444 e. The molecule has 1 aliphatic rings. The number of hydrogen-bond donors (Lipinski definition) is 1. The van der Waals surface area contributed by atoms with E-state index in [1.54, 1.807) is 6.20 Å². The van der Waals surface area contributed by atoms with Crippen molar-refractivity contribution in [3.8, 4) is 0 Å². The molecule has 0 spiro atoms. The summed E-state index contributed by atoms with van der Waals surface area (Å²) < 4.78 is 5.53. The SMILES string of the molecule is CCc1cnc(CNC(C)C(=O)N2CCCCCC2)o1. The predicted octanol–water partition coefficient (Wildman–Crippen LogP) is 2.12. The number of nitrogens with zero attached hydrogens (tertiary/aromatic N) is 2. The van der Waals surface area contributed by atoms with Gasteiger partial charge in [-0.05, 0) is 19.8 Å². The average Bonchev–Trinajstić information content (AvgIpc) is 2.76.